The molecule has 0 unspecified atom stereocenters. The maximum atomic E-state index is 14.3. The Hall–Kier alpha value is -7.99. The topological polar surface area (TPSA) is 466 Å². The lowest BCUT2D eigenvalue weighted by atomic mass is 9.95. The summed E-state index contributed by atoms with van der Waals surface area (Å²) in [5.41, 5.74) is 18.3. The number of aliphatic hydroxyl groups excluding tert-OH is 1. The van der Waals surface area contributed by atoms with Crippen LogP contribution in [-0.2, 0) is 73.4 Å². The highest BCUT2D eigenvalue weighted by Gasteiger charge is 2.41. The van der Waals surface area contributed by atoms with E-state index in [-0.39, 0.29) is 25.3 Å². The number of aliphatic hydroxyl groups is 1. The van der Waals surface area contributed by atoms with Crippen LogP contribution in [0, 0.1) is 23.7 Å². The van der Waals surface area contributed by atoms with Crippen molar-refractivity contribution in [1.82, 2.24) is 58.5 Å². The second kappa shape index (κ2) is 36.4. The van der Waals surface area contributed by atoms with Gasteiger partial charge in [0.2, 0.25) is 59.1 Å². The van der Waals surface area contributed by atoms with E-state index in [1.54, 1.807) is 62.4 Å². The molecule has 30 heteroatoms. The predicted molar refractivity (Wildman–Crippen MR) is 322 cm³/mol. The van der Waals surface area contributed by atoms with Crippen LogP contribution >= 0.6 is 0 Å². The maximum Gasteiger partial charge on any atom is 0.329 e. The number of esters is 2. The second-order valence-electron chi connectivity index (χ2n) is 22.8. The summed E-state index contributed by atoms with van der Waals surface area (Å²) in [5.74, 6) is -12.7. The minimum atomic E-state index is -1.70. The largest absolute Gasteiger partial charge is 0.462 e. The van der Waals surface area contributed by atoms with E-state index >= 15 is 0 Å². The number of benzene rings is 1. The first-order valence-electron chi connectivity index (χ1n) is 30.1. The van der Waals surface area contributed by atoms with Gasteiger partial charge in [-0.15, -0.1) is 0 Å². The van der Waals surface area contributed by atoms with Crippen molar-refractivity contribution in [3.8, 4) is 0 Å². The quantitative estimate of drug-likeness (QED) is 0.0307. The van der Waals surface area contributed by atoms with Crippen LogP contribution in [0.15, 0.2) is 35.3 Å². The molecule has 0 radical (unpaired) electrons. The molecule has 18 N–H and O–H groups in total. The summed E-state index contributed by atoms with van der Waals surface area (Å²) in [7, 11) is 1.60. The monoisotopic (exact) mass is 1240 g/mol. The number of primary amides is 1. The molecule has 2 aliphatic heterocycles. The molecule has 1 aromatic carbocycles. The Morgan fingerprint density at radius 3 is 1.78 bits per heavy atom. The fourth-order valence-electron chi connectivity index (χ4n) is 9.34. The molecule has 3 rings (SSSR count). The molecule has 0 saturated carbocycles. The van der Waals surface area contributed by atoms with Crippen molar-refractivity contribution in [2.24, 2.45) is 45.9 Å². The van der Waals surface area contributed by atoms with Crippen molar-refractivity contribution in [2.75, 3.05) is 26.8 Å². The molecular weight excluding hydrogens is 1150 g/mol. The van der Waals surface area contributed by atoms with Gasteiger partial charge in [-0.3, -0.25) is 47.9 Å². The average Bonchev–Trinajstić information content (AvgIpc) is 2.92. The van der Waals surface area contributed by atoms with Crippen LogP contribution in [-0.4, -0.2) is 187 Å². The molecule has 1 aromatic rings. The SMILES string of the molecule is CC[C@H](C)[C@H](NC(=O)[C@@H](Cc1ccccc1)NC)C(=O)N[C@@H](CO)C(=O)N[C@H](CCC(N)=O)C(=O)N[C@@H](C(=O)N[C@H](C(=O)OC[C@H](N)C(=O)N[C@H]1C(=O)N[C@@H](C)C(=O)N[C@@H](C[C@H]2CNC(N)=N2)C(=O)N[C@@H]([C@@H](C)CC)C(=O)O[C@H]1C)[C@@H](C)CC)[C@@H](C)CC. The molecule has 2 heterocycles. The standard InChI is InChI=1S/C58H95N15O15/c1-12-28(5)42(70-50(79)38(62-11)23-34-19-17-16-18-20-34)53(82)68-40(26-74)52(81)66-37(21-22-41(60)75)49(78)69-43(29(6)13-2)54(83)72-44(30(7)14-3)56(85)87-27-36(59)48(77)73-46-33(10)88-57(86)45(31(8)15-4)71-51(80)39(24-35-25-63-58(61)65-35)67-47(76)32(9)64-55(46)84/h16-20,28-33,35-40,42-46,62,74H,12-15,21-27,59H2,1-11H3,(H2,60,75)(H,64,84)(H,66,81)(H,67,76)(H,68,82)(H,69,78)(H,70,79)(H,71,80)(H,72,83)(H,73,77)(H3,61,63,65)/t28-,29-,30-,31-,32-,33-,35-,36-,37+,38+,39-,40-,42-,43+,44-,45-,46+/m0/s1. The van der Waals surface area contributed by atoms with Gasteiger partial charge in [-0.2, -0.15) is 0 Å². The number of rotatable bonds is 32. The zero-order chi connectivity index (χ0) is 66.1. The first kappa shape index (κ1) is 74.3. The van der Waals surface area contributed by atoms with E-state index in [4.69, 9.17) is 26.7 Å². The minimum absolute atomic E-state index is 0.0176. The zero-order valence-corrected chi connectivity index (χ0v) is 52.3. The minimum Gasteiger partial charge on any atom is -0.462 e. The molecule has 30 nitrogen and oxygen atoms in total. The summed E-state index contributed by atoms with van der Waals surface area (Å²) in [5, 5.41) is 39.3. The van der Waals surface area contributed by atoms with Crippen molar-refractivity contribution >= 4 is 77.0 Å². The van der Waals surface area contributed by atoms with E-state index in [9.17, 15) is 62.6 Å². The number of likely N-dealkylation sites (N-methyl/N-ethyl adjacent to an activating group) is 1. The molecule has 0 aliphatic carbocycles. The number of guanidine groups is 1. The number of ether oxygens (including phenoxy) is 2. The molecule has 0 aromatic heterocycles. The number of aliphatic imine (C=N–C) groups is 1. The van der Waals surface area contributed by atoms with Gasteiger partial charge >= 0.3 is 11.9 Å². The Labute approximate surface area is 513 Å². The first-order chi connectivity index (χ1) is 41.5. The molecule has 17 atom stereocenters. The molecule has 10 amide bonds. The number of amides is 10. The molecule has 492 valence electrons. The Kier molecular flexibility index (Phi) is 30.7. The number of carbonyl (C=O) groups excluding carboxylic acids is 12. The molecule has 0 bridgehead atoms. The van der Waals surface area contributed by atoms with Gasteiger partial charge < -0.3 is 90.3 Å². The predicted octanol–water partition coefficient (Wildman–Crippen LogP) is -3.87. The number of nitrogens with two attached hydrogens (primary N) is 3. The second-order valence-corrected chi connectivity index (χ2v) is 22.8. The molecule has 1 saturated heterocycles. The van der Waals surface area contributed by atoms with Gasteiger partial charge in [-0.05, 0) is 63.0 Å². The van der Waals surface area contributed by atoms with Crippen LogP contribution in [0.3, 0.4) is 0 Å². The Balaban J connectivity index is 1.79. The lowest BCUT2D eigenvalue weighted by Crippen LogP contribution is -2.61. The Bertz CT molecular complexity index is 2610. The van der Waals surface area contributed by atoms with Gasteiger partial charge in [0.15, 0.2) is 5.96 Å². The van der Waals surface area contributed by atoms with Crippen molar-refractivity contribution < 1.29 is 72.1 Å². The summed E-state index contributed by atoms with van der Waals surface area (Å²) in [6.07, 6.45) is -0.581. The number of hydrogen-bond donors (Lipinski definition) is 15. The van der Waals surface area contributed by atoms with Gasteiger partial charge in [0.1, 0.15) is 73.1 Å². The Morgan fingerprint density at radius 2 is 1.25 bits per heavy atom. The van der Waals surface area contributed by atoms with Gasteiger partial charge in [-0.25, -0.2) is 14.6 Å². The van der Waals surface area contributed by atoms with Crippen molar-refractivity contribution in [3.63, 3.8) is 0 Å². The fourth-order valence-corrected chi connectivity index (χ4v) is 9.34. The normalized spacial score (nSPS) is 22.7. The van der Waals surface area contributed by atoms with E-state index < -0.39 is 199 Å². The first-order valence-corrected chi connectivity index (χ1v) is 30.1. The zero-order valence-electron chi connectivity index (χ0n) is 52.3. The lowest BCUT2D eigenvalue weighted by molar-refractivity contribution is -0.158. The number of cyclic esters (lactones) is 1. The summed E-state index contributed by atoms with van der Waals surface area (Å²) >= 11 is 0. The number of nitrogens with zero attached hydrogens (tertiary/aromatic N) is 1. The molecule has 2 aliphatic rings. The highest BCUT2D eigenvalue weighted by molar-refractivity contribution is 5.98. The van der Waals surface area contributed by atoms with E-state index in [0.29, 0.717) is 25.7 Å². The molecule has 88 heavy (non-hydrogen) atoms. The molecule has 0 spiro atoms. The van der Waals surface area contributed by atoms with Crippen molar-refractivity contribution in [3.05, 3.63) is 35.9 Å². The lowest BCUT2D eigenvalue weighted by Gasteiger charge is -2.30. The van der Waals surface area contributed by atoms with Crippen molar-refractivity contribution in [2.45, 2.75) is 199 Å². The number of carbonyl (C=O) groups is 12. The van der Waals surface area contributed by atoms with Crippen LogP contribution in [0.2, 0.25) is 0 Å². The van der Waals surface area contributed by atoms with Crippen LogP contribution in [0.25, 0.3) is 0 Å². The third-order valence-electron chi connectivity index (χ3n) is 16.0. The third kappa shape index (κ3) is 22.6. The third-order valence-corrected chi connectivity index (χ3v) is 16.0. The van der Waals surface area contributed by atoms with Gasteiger partial charge in [0.25, 0.3) is 0 Å². The smallest absolute Gasteiger partial charge is 0.329 e. The van der Waals surface area contributed by atoms with E-state index in [1.807, 2.05) is 30.3 Å². The van der Waals surface area contributed by atoms with Gasteiger partial charge in [0.05, 0.1) is 18.7 Å². The number of nitrogens with one attached hydrogen (secondary N) is 11. The van der Waals surface area contributed by atoms with Crippen LogP contribution in [0.4, 0.5) is 0 Å². The van der Waals surface area contributed by atoms with Gasteiger partial charge in [-0.1, -0.05) is 111 Å². The van der Waals surface area contributed by atoms with Crippen LogP contribution in [0.5, 0.6) is 0 Å². The maximum absolute atomic E-state index is 14.3. The van der Waals surface area contributed by atoms with Gasteiger partial charge in [0, 0.05) is 19.4 Å². The molecular formula is C58H95N15O15. The fraction of sp³-hybridized carbons (Fsp3) is 0.672. The van der Waals surface area contributed by atoms with E-state index in [0.717, 1.165) is 5.56 Å². The summed E-state index contributed by atoms with van der Waals surface area (Å²) < 4.78 is 11.2. The highest BCUT2D eigenvalue weighted by atomic mass is 16.5. The Morgan fingerprint density at radius 1 is 0.705 bits per heavy atom. The van der Waals surface area contributed by atoms with Crippen LogP contribution in [0.1, 0.15) is 120 Å². The van der Waals surface area contributed by atoms with E-state index in [1.165, 1.54) is 13.8 Å². The highest BCUT2D eigenvalue weighted by Crippen LogP contribution is 2.18. The summed E-state index contributed by atoms with van der Waals surface area (Å²) in [6, 6.07) is -6.46. The average molecular weight is 1240 g/mol. The van der Waals surface area contributed by atoms with E-state index in [2.05, 4.69) is 63.5 Å². The summed E-state index contributed by atoms with van der Waals surface area (Å²) in [6.45, 7) is 14.8. The van der Waals surface area contributed by atoms with Crippen LogP contribution < -0.4 is 75.7 Å². The summed E-state index contributed by atoms with van der Waals surface area (Å²) in [4.78, 5) is 169. The van der Waals surface area contributed by atoms with Crippen molar-refractivity contribution in [1.29, 1.82) is 0 Å². The molecule has 1 fully saturated rings. The number of hydrogen-bond acceptors (Lipinski definition) is 20.